The smallest absolute Gasteiger partial charge is 0.164 e. The molecule has 0 bridgehead atoms. The van der Waals surface area contributed by atoms with E-state index in [2.05, 4.69) is 56.8 Å². The lowest BCUT2D eigenvalue weighted by Gasteiger charge is -2.07. The highest BCUT2D eigenvalue weighted by Gasteiger charge is 2.08. The third-order valence-electron chi connectivity index (χ3n) is 2.50. The van der Waals surface area contributed by atoms with E-state index in [1.807, 2.05) is 17.1 Å². The van der Waals surface area contributed by atoms with E-state index in [0.717, 1.165) is 34.5 Å². The van der Waals surface area contributed by atoms with E-state index in [4.69, 9.17) is 0 Å². The molecule has 0 radical (unpaired) electrons. The molecule has 0 fully saturated rings. The minimum atomic E-state index is 0.716. The number of halogens is 1. The van der Waals surface area contributed by atoms with Crippen LogP contribution in [-0.2, 0) is 6.54 Å². The summed E-state index contributed by atoms with van der Waals surface area (Å²) in [4.78, 5) is 8.90. The highest BCUT2D eigenvalue weighted by molar-refractivity contribution is 14.1. The van der Waals surface area contributed by atoms with Crippen molar-refractivity contribution in [2.45, 2.75) is 26.8 Å². The summed E-state index contributed by atoms with van der Waals surface area (Å²) >= 11 is 2.24. The standard InChI is InChI=1S/C12H16IN5/c1-3-5-14-12-10(13)7-15-11(17-12)9-6-16-18(4-2)8-9/h6-8H,3-5H2,1-2H3,(H,14,15,17). The van der Waals surface area contributed by atoms with Crippen molar-refractivity contribution in [1.82, 2.24) is 19.7 Å². The first-order valence-electron chi connectivity index (χ1n) is 6.03. The van der Waals surface area contributed by atoms with Crippen LogP contribution in [0.5, 0.6) is 0 Å². The fraction of sp³-hybridized carbons (Fsp3) is 0.417. The molecule has 18 heavy (non-hydrogen) atoms. The lowest BCUT2D eigenvalue weighted by molar-refractivity contribution is 0.660. The van der Waals surface area contributed by atoms with Crippen LogP contribution in [0.3, 0.4) is 0 Å². The molecule has 0 saturated heterocycles. The van der Waals surface area contributed by atoms with Crippen molar-refractivity contribution < 1.29 is 0 Å². The average Bonchev–Trinajstić information content (AvgIpc) is 2.86. The third kappa shape index (κ3) is 2.98. The van der Waals surface area contributed by atoms with Gasteiger partial charge in [0.15, 0.2) is 5.82 Å². The summed E-state index contributed by atoms with van der Waals surface area (Å²) in [5, 5.41) is 7.55. The fourth-order valence-electron chi connectivity index (χ4n) is 1.53. The van der Waals surface area contributed by atoms with Crippen LogP contribution < -0.4 is 5.32 Å². The van der Waals surface area contributed by atoms with E-state index in [9.17, 15) is 0 Å². The number of anilines is 1. The summed E-state index contributed by atoms with van der Waals surface area (Å²) in [6.45, 7) is 5.96. The summed E-state index contributed by atoms with van der Waals surface area (Å²) in [6.07, 6.45) is 6.68. The number of nitrogens with zero attached hydrogens (tertiary/aromatic N) is 4. The maximum Gasteiger partial charge on any atom is 0.164 e. The van der Waals surface area contributed by atoms with E-state index in [1.54, 1.807) is 6.20 Å². The first kappa shape index (κ1) is 13.3. The van der Waals surface area contributed by atoms with E-state index in [-0.39, 0.29) is 0 Å². The topological polar surface area (TPSA) is 55.6 Å². The van der Waals surface area contributed by atoms with Gasteiger partial charge in [-0.1, -0.05) is 6.92 Å². The zero-order valence-electron chi connectivity index (χ0n) is 10.5. The Kier molecular flexibility index (Phi) is 4.51. The number of hydrogen-bond donors (Lipinski definition) is 1. The van der Waals surface area contributed by atoms with Gasteiger partial charge in [0.25, 0.3) is 0 Å². The Bertz CT molecular complexity index is 523. The monoisotopic (exact) mass is 357 g/mol. The van der Waals surface area contributed by atoms with Crippen molar-refractivity contribution in [2.75, 3.05) is 11.9 Å². The summed E-state index contributed by atoms with van der Waals surface area (Å²) in [7, 11) is 0. The van der Waals surface area contributed by atoms with Crippen LogP contribution >= 0.6 is 22.6 Å². The first-order chi connectivity index (χ1) is 8.74. The Labute approximate surface area is 120 Å². The third-order valence-corrected chi connectivity index (χ3v) is 3.29. The quantitative estimate of drug-likeness (QED) is 0.837. The molecule has 5 nitrogen and oxygen atoms in total. The van der Waals surface area contributed by atoms with Crippen molar-refractivity contribution in [3.8, 4) is 11.4 Å². The lowest BCUT2D eigenvalue weighted by atomic mass is 10.3. The molecular formula is C12H16IN5. The SMILES string of the molecule is CCCNc1nc(-c2cnn(CC)c2)ncc1I. The fourth-order valence-corrected chi connectivity index (χ4v) is 1.98. The Morgan fingerprint density at radius 2 is 2.17 bits per heavy atom. The number of rotatable bonds is 5. The molecule has 2 heterocycles. The van der Waals surface area contributed by atoms with E-state index in [0.29, 0.717) is 5.82 Å². The average molecular weight is 357 g/mol. The maximum atomic E-state index is 4.54. The van der Waals surface area contributed by atoms with Gasteiger partial charge in [-0.2, -0.15) is 5.10 Å². The maximum absolute atomic E-state index is 4.54. The van der Waals surface area contributed by atoms with Crippen LogP contribution in [-0.4, -0.2) is 26.3 Å². The predicted molar refractivity (Wildman–Crippen MR) is 80.4 cm³/mol. The molecule has 0 spiro atoms. The Hall–Kier alpha value is -1.18. The van der Waals surface area contributed by atoms with E-state index in [1.165, 1.54) is 0 Å². The molecule has 0 unspecified atom stereocenters. The number of aromatic nitrogens is 4. The van der Waals surface area contributed by atoms with Crippen LogP contribution in [0.15, 0.2) is 18.6 Å². The predicted octanol–water partition coefficient (Wildman–Crippen LogP) is 2.79. The lowest BCUT2D eigenvalue weighted by Crippen LogP contribution is -2.05. The molecule has 0 aliphatic carbocycles. The molecule has 6 heteroatoms. The minimum Gasteiger partial charge on any atom is -0.369 e. The van der Waals surface area contributed by atoms with Gasteiger partial charge in [0.1, 0.15) is 5.82 Å². The summed E-state index contributed by atoms with van der Waals surface area (Å²) in [5.41, 5.74) is 0.952. The van der Waals surface area contributed by atoms with Crippen LogP contribution in [0.2, 0.25) is 0 Å². The van der Waals surface area contributed by atoms with Crippen molar-refractivity contribution in [3.05, 3.63) is 22.2 Å². The molecular weight excluding hydrogens is 341 g/mol. The Balaban J connectivity index is 2.28. The van der Waals surface area contributed by atoms with E-state index >= 15 is 0 Å². The second kappa shape index (κ2) is 6.12. The van der Waals surface area contributed by atoms with Gasteiger partial charge in [-0.15, -0.1) is 0 Å². The highest BCUT2D eigenvalue weighted by Crippen LogP contribution is 2.20. The Morgan fingerprint density at radius 1 is 1.33 bits per heavy atom. The molecule has 0 aliphatic rings. The van der Waals surface area contributed by atoms with Crippen LogP contribution in [0, 0.1) is 3.57 Å². The van der Waals surface area contributed by atoms with Gasteiger partial charge in [0.05, 0.1) is 15.3 Å². The molecule has 2 aromatic heterocycles. The number of aryl methyl sites for hydroxylation is 1. The minimum absolute atomic E-state index is 0.716. The van der Waals surface area contributed by atoms with Gasteiger partial charge in [-0.25, -0.2) is 9.97 Å². The zero-order chi connectivity index (χ0) is 13.0. The molecule has 0 amide bonds. The van der Waals surface area contributed by atoms with Gasteiger partial charge in [-0.05, 0) is 35.9 Å². The molecule has 0 atom stereocenters. The molecule has 96 valence electrons. The van der Waals surface area contributed by atoms with Gasteiger partial charge < -0.3 is 5.32 Å². The largest absolute Gasteiger partial charge is 0.369 e. The highest BCUT2D eigenvalue weighted by atomic mass is 127. The van der Waals surface area contributed by atoms with Crippen molar-refractivity contribution in [2.24, 2.45) is 0 Å². The summed E-state index contributed by atoms with van der Waals surface area (Å²) in [6, 6.07) is 0. The Morgan fingerprint density at radius 3 is 2.83 bits per heavy atom. The van der Waals surface area contributed by atoms with Gasteiger partial charge in [0.2, 0.25) is 0 Å². The normalized spacial score (nSPS) is 10.6. The van der Waals surface area contributed by atoms with Crippen LogP contribution in [0.4, 0.5) is 5.82 Å². The number of hydrogen-bond acceptors (Lipinski definition) is 4. The van der Waals surface area contributed by atoms with Crippen molar-refractivity contribution >= 4 is 28.4 Å². The van der Waals surface area contributed by atoms with Crippen LogP contribution in [0.1, 0.15) is 20.3 Å². The number of nitrogens with one attached hydrogen (secondary N) is 1. The molecule has 0 aromatic carbocycles. The van der Waals surface area contributed by atoms with Crippen molar-refractivity contribution in [3.63, 3.8) is 0 Å². The summed E-state index contributed by atoms with van der Waals surface area (Å²) in [5.74, 6) is 1.61. The molecule has 0 saturated carbocycles. The van der Waals surface area contributed by atoms with E-state index < -0.39 is 0 Å². The van der Waals surface area contributed by atoms with Gasteiger partial charge >= 0.3 is 0 Å². The molecule has 2 rings (SSSR count). The molecule has 2 aromatic rings. The summed E-state index contributed by atoms with van der Waals surface area (Å²) < 4.78 is 2.91. The van der Waals surface area contributed by atoms with Crippen LogP contribution in [0.25, 0.3) is 11.4 Å². The van der Waals surface area contributed by atoms with Crippen molar-refractivity contribution in [1.29, 1.82) is 0 Å². The second-order valence-electron chi connectivity index (χ2n) is 3.90. The van der Waals surface area contributed by atoms with Gasteiger partial charge in [0, 0.05) is 25.5 Å². The molecule has 0 aliphatic heterocycles. The van der Waals surface area contributed by atoms with Gasteiger partial charge in [-0.3, -0.25) is 4.68 Å². The molecule has 1 N–H and O–H groups in total. The second-order valence-corrected chi connectivity index (χ2v) is 5.06. The first-order valence-corrected chi connectivity index (χ1v) is 7.11. The zero-order valence-corrected chi connectivity index (χ0v) is 12.7.